The van der Waals surface area contributed by atoms with E-state index in [-0.39, 0.29) is 31.7 Å². The normalized spacial score (nSPS) is 21.4. The molecule has 1 atom stereocenters. The summed E-state index contributed by atoms with van der Waals surface area (Å²) in [6.45, 7) is 3.09. The molecule has 0 bridgehead atoms. The van der Waals surface area contributed by atoms with Gasteiger partial charge in [-0.2, -0.15) is 4.31 Å². The number of amides is 2. The van der Waals surface area contributed by atoms with Gasteiger partial charge >= 0.3 is 6.03 Å². The molecule has 138 valence electrons. The second-order valence-corrected chi connectivity index (χ2v) is 8.43. The van der Waals surface area contributed by atoms with Crippen LogP contribution in [-0.2, 0) is 16.4 Å². The summed E-state index contributed by atoms with van der Waals surface area (Å²) in [4.78, 5) is 14.1. The second-order valence-electron chi connectivity index (χ2n) is 6.49. The minimum absolute atomic E-state index is 0.241. The van der Waals surface area contributed by atoms with Crippen LogP contribution in [0.25, 0.3) is 0 Å². The number of anilines is 1. The van der Waals surface area contributed by atoms with Crippen LogP contribution in [0.2, 0.25) is 0 Å². The van der Waals surface area contributed by atoms with Crippen LogP contribution >= 0.6 is 0 Å². The van der Waals surface area contributed by atoms with Gasteiger partial charge in [-0.05, 0) is 31.4 Å². The summed E-state index contributed by atoms with van der Waals surface area (Å²) >= 11 is 0. The number of nitrogens with one attached hydrogen (secondary N) is 1. The summed E-state index contributed by atoms with van der Waals surface area (Å²) in [5.41, 5.74) is 1.06. The number of hydrogen-bond donors (Lipinski definition) is 1. The summed E-state index contributed by atoms with van der Waals surface area (Å²) in [7, 11) is -3.30. The highest BCUT2D eigenvalue weighted by Crippen LogP contribution is 2.34. The van der Waals surface area contributed by atoms with Crippen molar-refractivity contribution in [3.8, 4) is 5.75 Å². The average Bonchev–Trinajstić information content (AvgIpc) is 2.53. The molecule has 1 aromatic rings. The second kappa shape index (κ2) is 6.80. The molecule has 2 heterocycles. The van der Waals surface area contributed by atoms with Crippen molar-refractivity contribution in [2.24, 2.45) is 0 Å². The summed E-state index contributed by atoms with van der Waals surface area (Å²) in [6.07, 6.45) is 2.68. The van der Waals surface area contributed by atoms with Crippen molar-refractivity contribution < 1.29 is 22.3 Å². The number of piperazine rings is 1. The molecule has 25 heavy (non-hydrogen) atoms. The first-order chi connectivity index (χ1) is 11.8. The number of nitrogens with zero attached hydrogens (tertiary/aromatic N) is 2. The van der Waals surface area contributed by atoms with Crippen molar-refractivity contribution in [3.05, 3.63) is 23.5 Å². The third-order valence-corrected chi connectivity index (χ3v) is 5.88. The Morgan fingerprint density at radius 1 is 1.36 bits per heavy atom. The predicted octanol–water partition coefficient (Wildman–Crippen LogP) is 1.65. The summed E-state index contributed by atoms with van der Waals surface area (Å²) < 4.78 is 44.2. The summed E-state index contributed by atoms with van der Waals surface area (Å²) in [5.74, 6) is 0.0960. The van der Waals surface area contributed by atoms with E-state index in [0.29, 0.717) is 24.5 Å². The number of fused-ring (bicyclic) bond motifs is 1. The van der Waals surface area contributed by atoms with Crippen LogP contribution in [0.1, 0.15) is 18.9 Å². The lowest BCUT2D eigenvalue weighted by molar-refractivity contribution is 0.157. The van der Waals surface area contributed by atoms with Gasteiger partial charge in [0.1, 0.15) is 11.6 Å². The van der Waals surface area contributed by atoms with Gasteiger partial charge in [0.2, 0.25) is 10.0 Å². The molecule has 0 unspecified atom stereocenters. The highest BCUT2D eigenvalue weighted by atomic mass is 32.2. The maximum atomic E-state index is 13.8. The number of halogens is 1. The smallest absolute Gasteiger partial charge is 0.322 e. The molecule has 2 amide bonds. The third kappa shape index (κ3) is 3.87. The number of benzene rings is 1. The Labute approximate surface area is 146 Å². The minimum atomic E-state index is -3.30. The monoisotopic (exact) mass is 371 g/mol. The number of carbonyl (C=O) groups is 1. The maximum absolute atomic E-state index is 13.8. The van der Waals surface area contributed by atoms with Gasteiger partial charge in [-0.3, -0.25) is 0 Å². The van der Waals surface area contributed by atoms with Crippen molar-refractivity contribution in [3.63, 3.8) is 0 Å². The zero-order valence-electron chi connectivity index (χ0n) is 14.3. The molecule has 0 radical (unpaired) electrons. The molecule has 9 heteroatoms. The van der Waals surface area contributed by atoms with Gasteiger partial charge in [-0.25, -0.2) is 17.6 Å². The van der Waals surface area contributed by atoms with Crippen LogP contribution in [0.15, 0.2) is 12.1 Å². The topological polar surface area (TPSA) is 79.0 Å². The number of aryl methyl sites for hydroxylation is 1. The van der Waals surface area contributed by atoms with E-state index >= 15 is 0 Å². The number of hydrogen-bond acceptors (Lipinski definition) is 4. The zero-order chi connectivity index (χ0) is 18.2. The molecule has 0 aromatic heterocycles. The lowest BCUT2D eigenvalue weighted by atomic mass is 10.0. The Morgan fingerprint density at radius 3 is 2.80 bits per heavy atom. The highest BCUT2D eigenvalue weighted by molar-refractivity contribution is 7.88. The molecule has 2 aliphatic rings. The van der Waals surface area contributed by atoms with Crippen LogP contribution in [0, 0.1) is 5.82 Å². The van der Waals surface area contributed by atoms with Crippen LogP contribution < -0.4 is 10.1 Å². The minimum Gasteiger partial charge on any atom is -0.491 e. The molecular formula is C16H22FN3O4S. The van der Waals surface area contributed by atoms with E-state index in [1.54, 1.807) is 6.92 Å². The van der Waals surface area contributed by atoms with Crippen LogP contribution in [0.5, 0.6) is 5.75 Å². The van der Waals surface area contributed by atoms with Crippen molar-refractivity contribution in [1.29, 1.82) is 0 Å². The lowest BCUT2D eigenvalue weighted by Gasteiger charge is -2.38. The van der Waals surface area contributed by atoms with E-state index in [0.717, 1.165) is 18.2 Å². The van der Waals surface area contributed by atoms with Crippen LogP contribution in [-0.4, -0.2) is 62.2 Å². The van der Waals surface area contributed by atoms with E-state index in [9.17, 15) is 17.6 Å². The van der Waals surface area contributed by atoms with Crippen molar-refractivity contribution in [2.45, 2.75) is 25.8 Å². The van der Waals surface area contributed by atoms with Crippen molar-refractivity contribution in [2.75, 3.05) is 37.8 Å². The van der Waals surface area contributed by atoms with E-state index in [1.807, 2.05) is 0 Å². The molecule has 7 nitrogen and oxygen atoms in total. The fourth-order valence-corrected chi connectivity index (χ4v) is 4.48. The number of urea groups is 1. The van der Waals surface area contributed by atoms with Gasteiger partial charge in [0.25, 0.3) is 0 Å². The van der Waals surface area contributed by atoms with E-state index in [1.165, 1.54) is 21.3 Å². The van der Waals surface area contributed by atoms with Gasteiger partial charge in [-0.1, -0.05) is 0 Å². The zero-order valence-corrected chi connectivity index (χ0v) is 15.1. The van der Waals surface area contributed by atoms with Crippen LogP contribution in [0.4, 0.5) is 14.9 Å². The highest BCUT2D eigenvalue weighted by Gasteiger charge is 2.32. The molecule has 3 rings (SSSR count). The Kier molecular flexibility index (Phi) is 4.88. The van der Waals surface area contributed by atoms with Gasteiger partial charge in [0.15, 0.2) is 0 Å². The third-order valence-electron chi connectivity index (χ3n) is 4.49. The Bertz CT molecular complexity index is 784. The number of ether oxygens (including phenoxy) is 1. The SMILES string of the molecule is C[C@H]1CN(C(=O)Nc2cc(F)cc3c2OCCC3)CCN1S(C)(=O)=O. The van der Waals surface area contributed by atoms with Gasteiger partial charge in [-0.15, -0.1) is 0 Å². The molecule has 1 N–H and O–H groups in total. The van der Waals surface area contributed by atoms with Gasteiger partial charge in [0, 0.05) is 31.7 Å². The Morgan fingerprint density at radius 2 is 2.12 bits per heavy atom. The van der Waals surface area contributed by atoms with Gasteiger partial charge in [0.05, 0.1) is 18.6 Å². The maximum Gasteiger partial charge on any atom is 0.322 e. The number of carbonyl (C=O) groups excluding carboxylic acids is 1. The fraction of sp³-hybridized carbons (Fsp3) is 0.562. The molecule has 0 aliphatic carbocycles. The summed E-state index contributed by atoms with van der Waals surface area (Å²) in [5, 5.41) is 2.71. The first kappa shape index (κ1) is 17.9. The molecule has 0 saturated carbocycles. The molecule has 2 aliphatic heterocycles. The standard InChI is InChI=1S/C16H22FN3O4S/c1-11-10-19(5-6-20(11)25(2,22)23)16(21)18-14-9-13(17)8-12-4-3-7-24-15(12)14/h8-9,11H,3-7,10H2,1-2H3,(H,18,21)/t11-/m0/s1. The molecular weight excluding hydrogens is 349 g/mol. The quantitative estimate of drug-likeness (QED) is 0.857. The fourth-order valence-electron chi connectivity index (χ4n) is 3.35. The lowest BCUT2D eigenvalue weighted by Crippen LogP contribution is -2.55. The summed E-state index contributed by atoms with van der Waals surface area (Å²) in [6, 6.07) is 1.98. The van der Waals surface area contributed by atoms with Crippen molar-refractivity contribution in [1.82, 2.24) is 9.21 Å². The average molecular weight is 371 g/mol. The Balaban J connectivity index is 1.73. The number of sulfonamides is 1. The van der Waals surface area contributed by atoms with Crippen molar-refractivity contribution >= 4 is 21.7 Å². The molecule has 1 saturated heterocycles. The Hall–Kier alpha value is -1.87. The first-order valence-corrected chi connectivity index (χ1v) is 10.1. The van der Waals surface area contributed by atoms with E-state index in [2.05, 4.69) is 5.32 Å². The van der Waals surface area contributed by atoms with E-state index in [4.69, 9.17) is 4.74 Å². The largest absolute Gasteiger partial charge is 0.491 e. The molecule has 0 spiro atoms. The van der Waals surface area contributed by atoms with Gasteiger partial charge < -0.3 is 15.0 Å². The molecule has 1 aromatic carbocycles. The van der Waals surface area contributed by atoms with E-state index < -0.39 is 15.8 Å². The predicted molar refractivity (Wildman–Crippen MR) is 91.8 cm³/mol. The molecule has 1 fully saturated rings. The van der Waals surface area contributed by atoms with Crippen LogP contribution in [0.3, 0.4) is 0 Å². The first-order valence-electron chi connectivity index (χ1n) is 8.23. The number of rotatable bonds is 2.